The van der Waals surface area contributed by atoms with Crippen molar-refractivity contribution < 1.29 is 0 Å². The van der Waals surface area contributed by atoms with Gasteiger partial charge >= 0.3 is 0 Å². The Hall–Kier alpha value is -1.41. The summed E-state index contributed by atoms with van der Waals surface area (Å²) < 4.78 is 0. The highest BCUT2D eigenvalue weighted by molar-refractivity contribution is 5.31. The summed E-state index contributed by atoms with van der Waals surface area (Å²) in [6, 6.07) is 10.4. The van der Waals surface area contributed by atoms with Gasteiger partial charge < -0.3 is 10.2 Å². The van der Waals surface area contributed by atoms with Crippen LogP contribution in [0.25, 0.3) is 0 Å². The van der Waals surface area contributed by atoms with Crippen LogP contribution in [0, 0.1) is 11.3 Å². The van der Waals surface area contributed by atoms with E-state index in [-0.39, 0.29) is 0 Å². The lowest BCUT2D eigenvalue weighted by Crippen LogP contribution is -2.48. The lowest BCUT2D eigenvalue weighted by atomic mass is 10.1. The Morgan fingerprint density at radius 3 is 2.45 bits per heavy atom. The first-order chi connectivity index (χ1) is 9.67. The highest BCUT2D eigenvalue weighted by Gasteiger charge is 2.15. The van der Waals surface area contributed by atoms with Gasteiger partial charge in [-0.2, -0.15) is 5.26 Å². The molecule has 0 spiro atoms. The van der Waals surface area contributed by atoms with E-state index in [0.29, 0.717) is 6.04 Å². The van der Waals surface area contributed by atoms with Crippen LogP contribution in [0.5, 0.6) is 0 Å². The molecule has 1 N–H and O–H groups in total. The predicted octanol–water partition coefficient (Wildman–Crippen LogP) is 1.28. The zero-order chi connectivity index (χ0) is 14.4. The van der Waals surface area contributed by atoms with E-state index < -0.39 is 0 Å². The molecule has 4 nitrogen and oxygen atoms in total. The Bertz CT molecular complexity index is 441. The van der Waals surface area contributed by atoms with Gasteiger partial charge in [0.1, 0.15) is 0 Å². The quantitative estimate of drug-likeness (QED) is 0.877. The Labute approximate surface area is 122 Å². The first kappa shape index (κ1) is 15.0. The molecule has 0 saturated carbocycles. The summed E-state index contributed by atoms with van der Waals surface area (Å²) in [7, 11) is 2.18. The van der Waals surface area contributed by atoms with Crippen LogP contribution in [0.1, 0.15) is 18.1 Å². The van der Waals surface area contributed by atoms with Crippen molar-refractivity contribution in [2.24, 2.45) is 0 Å². The summed E-state index contributed by atoms with van der Waals surface area (Å²) in [5.74, 6) is 0. The lowest BCUT2D eigenvalue weighted by Gasteiger charge is -2.34. The monoisotopic (exact) mass is 272 g/mol. The molecule has 0 radical (unpaired) electrons. The summed E-state index contributed by atoms with van der Waals surface area (Å²) in [5, 5.41) is 12.3. The first-order valence-corrected chi connectivity index (χ1v) is 7.30. The number of benzene rings is 1. The molecule has 2 rings (SSSR count). The highest BCUT2D eigenvalue weighted by Crippen LogP contribution is 2.04. The molecule has 0 bridgehead atoms. The van der Waals surface area contributed by atoms with Crippen LogP contribution in [0.15, 0.2) is 24.3 Å². The second-order valence-electron chi connectivity index (χ2n) is 5.69. The standard InChI is InChI=1S/C16H24N4/c1-14(13-20-9-7-19(2)8-10-20)18-12-16-5-3-15(11-17)4-6-16/h3-6,14,18H,7-10,12-13H2,1-2H3. The van der Waals surface area contributed by atoms with E-state index in [1.807, 2.05) is 24.3 Å². The average Bonchev–Trinajstić information content (AvgIpc) is 2.48. The number of nitrogens with one attached hydrogen (secondary N) is 1. The summed E-state index contributed by atoms with van der Waals surface area (Å²) in [6.07, 6.45) is 0. The molecule has 4 heteroatoms. The fourth-order valence-electron chi connectivity index (χ4n) is 2.47. The molecular weight excluding hydrogens is 248 g/mol. The van der Waals surface area contributed by atoms with Gasteiger partial charge in [0.15, 0.2) is 0 Å². The Balaban J connectivity index is 1.71. The molecule has 1 unspecified atom stereocenters. The van der Waals surface area contributed by atoms with Crippen molar-refractivity contribution in [3.8, 4) is 6.07 Å². The van der Waals surface area contributed by atoms with Crippen molar-refractivity contribution in [3.63, 3.8) is 0 Å². The van der Waals surface area contributed by atoms with Gasteiger partial charge in [-0.1, -0.05) is 12.1 Å². The predicted molar refractivity (Wildman–Crippen MR) is 81.4 cm³/mol. The zero-order valence-corrected chi connectivity index (χ0v) is 12.5. The molecule has 0 aromatic heterocycles. The molecule has 20 heavy (non-hydrogen) atoms. The third-order valence-corrected chi connectivity index (χ3v) is 3.87. The van der Waals surface area contributed by atoms with Crippen LogP contribution in [-0.2, 0) is 6.54 Å². The third-order valence-electron chi connectivity index (χ3n) is 3.87. The number of rotatable bonds is 5. The van der Waals surface area contributed by atoms with E-state index in [1.165, 1.54) is 31.7 Å². The first-order valence-electron chi connectivity index (χ1n) is 7.30. The molecule has 1 heterocycles. The Morgan fingerprint density at radius 2 is 1.85 bits per heavy atom. The molecular formula is C16H24N4. The van der Waals surface area contributed by atoms with Gasteiger partial charge in [0.05, 0.1) is 11.6 Å². The SMILES string of the molecule is CC(CN1CCN(C)CC1)NCc1ccc(C#N)cc1. The van der Waals surface area contributed by atoms with E-state index in [1.54, 1.807) is 0 Å². The number of likely N-dealkylation sites (N-methyl/N-ethyl adjacent to an activating group) is 1. The summed E-state index contributed by atoms with van der Waals surface area (Å²) in [4.78, 5) is 4.90. The lowest BCUT2D eigenvalue weighted by molar-refractivity contribution is 0.144. The smallest absolute Gasteiger partial charge is 0.0991 e. The number of piperazine rings is 1. The molecule has 1 aromatic carbocycles. The van der Waals surface area contributed by atoms with Gasteiger partial charge in [0, 0.05) is 45.3 Å². The maximum Gasteiger partial charge on any atom is 0.0991 e. The maximum absolute atomic E-state index is 8.77. The van der Waals surface area contributed by atoms with E-state index in [4.69, 9.17) is 5.26 Å². The van der Waals surface area contributed by atoms with Crippen molar-refractivity contribution in [1.29, 1.82) is 5.26 Å². The molecule has 0 aliphatic carbocycles. The minimum Gasteiger partial charge on any atom is -0.309 e. The summed E-state index contributed by atoms with van der Waals surface area (Å²) in [5.41, 5.74) is 1.95. The maximum atomic E-state index is 8.77. The number of nitriles is 1. The fourth-order valence-corrected chi connectivity index (χ4v) is 2.47. The molecule has 1 fully saturated rings. The van der Waals surface area contributed by atoms with Crippen LogP contribution < -0.4 is 5.32 Å². The highest BCUT2D eigenvalue weighted by atomic mass is 15.3. The minimum absolute atomic E-state index is 0.481. The van der Waals surface area contributed by atoms with Crippen molar-refractivity contribution in [3.05, 3.63) is 35.4 Å². The minimum atomic E-state index is 0.481. The molecule has 108 valence electrons. The van der Waals surface area contributed by atoms with Gasteiger partial charge in [-0.05, 0) is 31.7 Å². The van der Waals surface area contributed by atoms with Crippen molar-refractivity contribution in [2.45, 2.75) is 19.5 Å². The van der Waals surface area contributed by atoms with Crippen LogP contribution in [0.3, 0.4) is 0 Å². The summed E-state index contributed by atoms with van der Waals surface area (Å²) >= 11 is 0. The molecule has 1 atom stereocenters. The topological polar surface area (TPSA) is 42.3 Å². The van der Waals surface area contributed by atoms with Gasteiger partial charge in [0.2, 0.25) is 0 Å². The number of hydrogen-bond acceptors (Lipinski definition) is 4. The average molecular weight is 272 g/mol. The number of nitrogens with zero attached hydrogens (tertiary/aromatic N) is 3. The Morgan fingerprint density at radius 1 is 1.20 bits per heavy atom. The van der Waals surface area contributed by atoms with E-state index >= 15 is 0 Å². The second-order valence-corrected chi connectivity index (χ2v) is 5.69. The molecule has 1 saturated heterocycles. The largest absolute Gasteiger partial charge is 0.309 e. The van der Waals surface area contributed by atoms with Crippen molar-refractivity contribution in [1.82, 2.24) is 15.1 Å². The van der Waals surface area contributed by atoms with E-state index in [0.717, 1.165) is 18.7 Å². The van der Waals surface area contributed by atoms with Gasteiger partial charge in [-0.3, -0.25) is 4.90 Å². The Kier molecular flexibility index (Phi) is 5.54. The van der Waals surface area contributed by atoms with Crippen LogP contribution >= 0.6 is 0 Å². The number of hydrogen-bond donors (Lipinski definition) is 1. The van der Waals surface area contributed by atoms with Crippen LogP contribution in [-0.4, -0.2) is 55.6 Å². The van der Waals surface area contributed by atoms with Gasteiger partial charge in [0.25, 0.3) is 0 Å². The second kappa shape index (κ2) is 7.39. The van der Waals surface area contributed by atoms with Gasteiger partial charge in [-0.25, -0.2) is 0 Å². The fraction of sp³-hybridized carbons (Fsp3) is 0.562. The molecule has 1 aliphatic rings. The molecule has 1 aromatic rings. The van der Waals surface area contributed by atoms with E-state index in [9.17, 15) is 0 Å². The normalized spacial score (nSPS) is 18.6. The molecule has 1 aliphatic heterocycles. The van der Waals surface area contributed by atoms with Crippen molar-refractivity contribution in [2.75, 3.05) is 39.8 Å². The van der Waals surface area contributed by atoms with E-state index in [2.05, 4.69) is 35.2 Å². The van der Waals surface area contributed by atoms with Crippen molar-refractivity contribution >= 4 is 0 Å². The third kappa shape index (κ3) is 4.61. The zero-order valence-electron chi connectivity index (χ0n) is 12.5. The van der Waals surface area contributed by atoms with Crippen LogP contribution in [0.2, 0.25) is 0 Å². The van der Waals surface area contributed by atoms with Gasteiger partial charge in [-0.15, -0.1) is 0 Å². The summed E-state index contributed by atoms with van der Waals surface area (Å²) in [6.45, 7) is 8.87. The molecule has 0 amide bonds. The van der Waals surface area contributed by atoms with Crippen LogP contribution in [0.4, 0.5) is 0 Å².